The number of halogens is 1. The summed E-state index contributed by atoms with van der Waals surface area (Å²) in [4.78, 5) is 36.7. The van der Waals surface area contributed by atoms with Gasteiger partial charge in [0.05, 0.1) is 16.9 Å². The lowest BCUT2D eigenvalue weighted by molar-refractivity contribution is -0.384. The molecule has 1 aliphatic heterocycles. The smallest absolute Gasteiger partial charge is 0.293 e. The van der Waals surface area contributed by atoms with E-state index < -0.39 is 4.92 Å². The lowest BCUT2D eigenvalue weighted by Gasteiger charge is -2.13. The fraction of sp³-hybridized carbons (Fsp3) is 0.273. The van der Waals surface area contributed by atoms with Crippen molar-refractivity contribution in [2.45, 2.75) is 13.0 Å². The standard InChI is InChI=1S/C22H21BrN2O7S/c1-30-9-3-8-24-21(26)20(33-22(24)27)11-15-10-18(31-2)19(12-17(15)23)32-13-14-4-6-16(7-5-14)25(28)29/h4-7,10-12H,3,8-9,13H2,1-2H3/b20-11+. The Bertz CT molecular complexity index is 1090. The normalized spacial score (nSPS) is 14.8. The Morgan fingerprint density at radius 2 is 1.88 bits per heavy atom. The number of hydrogen-bond acceptors (Lipinski definition) is 8. The quantitative estimate of drug-likeness (QED) is 0.180. The van der Waals surface area contributed by atoms with E-state index in [0.29, 0.717) is 46.0 Å². The van der Waals surface area contributed by atoms with Gasteiger partial charge in [0, 0.05) is 36.9 Å². The van der Waals surface area contributed by atoms with Crippen molar-refractivity contribution in [1.29, 1.82) is 0 Å². The minimum absolute atomic E-state index is 0.00605. The first-order valence-electron chi connectivity index (χ1n) is 9.82. The first-order valence-corrected chi connectivity index (χ1v) is 11.4. The summed E-state index contributed by atoms with van der Waals surface area (Å²) in [5, 5.41) is 10.5. The van der Waals surface area contributed by atoms with Crippen molar-refractivity contribution in [2.75, 3.05) is 27.4 Å². The molecule has 9 nitrogen and oxygen atoms in total. The highest BCUT2D eigenvalue weighted by atomic mass is 79.9. The van der Waals surface area contributed by atoms with E-state index in [4.69, 9.17) is 14.2 Å². The molecule has 0 spiro atoms. The van der Waals surface area contributed by atoms with Crippen molar-refractivity contribution in [3.8, 4) is 11.5 Å². The summed E-state index contributed by atoms with van der Waals surface area (Å²) in [5.74, 6) is 0.545. The maximum atomic E-state index is 12.6. The van der Waals surface area contributed by atoms with Gasteiger partial charge in [-0.2, -0.15) is 0 Å². The number of nitro benzene ring substituents is 1. The Morgan fingerprint density at radius 1 is 1.15 bits per heavy atom. The minimum atomic E-state index is -0.461. The number of rotatable bonds is 10. The predicted molar refractivity (Wildman–Crippen MR) is 127 cm³/mol. The number of nitro groups is 1. The van der Waals surface area contributed by atoms with Gasteiger partial charge in [-0.1, -0.05) is 15.9 Å². The molecule has 1 fully saturated rings. The number of thioether (sulfide) groups is 1. The number of hydrogen-bond donors (Lipinski definition) is 0. The van der Waals surface area contributed by atoms with Crippen molar-refractivity contribution in [1.82, 2.24) is 4.90 Å². The van der Waals surface area contributed by atoms with Gasteiger partial charge in [0.2, 0.25) is 0 Å². The molecule has 0 N–H and O–H groups in total. The van der Waals surface area contributed by atoms with Gasteiger partial charge < -0.3 is 14.2 Å². The van der Waals surface area contributed by atoms with E-state index in [1.165, 1.54) is 24.1 Å². The molecule has 0 saturated carbocycles. The Kier molecular flexibility index (Phi) is 8.48. The number of carbonyl (C=O) groups excluding carboxylic acids is 2. The number of non-ortho nitro benzene ring substituents is 1. The number of imide groups is 1. The third-order valence-corrected chi connectivity index (χ3v) is 6.31. The van der Waals surface area contributed by atoms with Crippen LogP contribution in [0.25, 0.3) is 6.08 Å². The van der Waals surface area contributed by atoms with Crippen LogP contribution in [0.3, 0.4) is 0 Å². The number of methoxy groups -OCH3 is 2. The highest BCUT2D eigenvalue weighted by Crippen LogP contribution is 2.38. The third kappa shape index (κ3) is 6.12. The molecule has 3 rings (SSSR count). The number of benzene rings is 2. The van der Waals surface area contributed by atoms with E-state index in [-0.39, 0.29) is 23.4 Å². The summed E-state index contributed by atoms with van der Waals surface area (Å²) in [5.41, 5.74) is 1.41. The van der Waals surface area contributed by atoms with E-state index in [2.05, 4.69) is 15.9 Å². The molecule has 11 heteroatoms. The van der Waals surface area contributed by atoms with Crippen LogP contribution >= 0.6 is 27.7 Å². The second-order valence-corrected chi connectivity index (χ2v) is 8.76. The lowest BCUT2D eigenvalue weighted by atomic mass is 10.1. The topological polar surface area (TPSA) is 108 Å². The Hall–Kier alpha value is -2.89. The van der Waals surface area contributed by atoms with E-state index in [1.807, 2.05) is 0 Å². The highest BCUT2D eigenvalue weighted by Gasteiger charge is 2.34. The zero-order chi connectivity index (χ0) is 24.0. The van der Waals surface area contributed by atoms with Crippen LogP contribution in [0.5, 0.6) is 11.5 Å². The van der Waals surface area contributed by atoms with Crippen LogP contribution in [-0.2, 0) is 16.1 Å². The van der Waals surface area contributed by atoms with Gasteiger partial charge in [0.15, 0.2) is 11.5 Å². The van der Waals surface area contributed by atoms with E-state index >= 15 is 0 Å². The van der Waals surface area contributed by atoms with Crippen LogP contribution < -0.4 is 9.47 Å². The van der Waals surface area contributed by atoms with E-state index in [0.717, 1.165) is 17.3 Å². The predicted octanol–water partition coefficient (Wildman–Crippen LogP) is 5.02. The molecule has 0 radical (unpaired) electrons. The molecule has 1 saturated heterocycles. The molecular weight excluding hydrogens is 516 g/mol. The van der Waals surface area contributed by atoms with Crippen LogP contribution in [-0.4, -0.2) is 48.3 Å². The van der Waals surface area contributed by atoms with Crippen LogP contribution in [0.1, 0.15) is 17.5 Å². The minimum Gasteiger partial charge on any atom is -0.493 e. The van der Waals surface area contributed by atoms with Gasteiger partial charge in [-0.05, 0) is 59.7 Å². The van der Waals surface area contributed by atoms with Crippen molar-refractivity contribution in [3.05, 3.63) is 67.0 Å². The number of nitrogens with zero attached hydrogens (tertiary/aromatic N) is 2. The monoisotopic (exact) mass is 536 g/mol. The molecule has 33 heavy (non-hydrogen) atoms. The van der Waals surface area contributed by atoms with Crippen molar-refractivity contribution in [2.24, 2.45) is 0 Å². The number of ether oxygens (including phenoxy) is 3. The average Bonchev–Trinajstić information content (AvgIpc) is 3.06. The first-order chi connectivity index (χ1) is 15.8. The summed E-state index contributed by atoms with van der Waals surface area (Å²) in [6, 6.07) is 9.48. The fourth-order valence-electron chi connectivity index (χ4n) is 3.01. The summed E-state index contributed by atoms with van der Waals surface area (Å²) in [6.07, 6.45) is 2.20. The molecule has 2 aromatic carbocycles. The summed E-state index contributed by atoms with van der Waals surface area (Å²) in [6.45, 7) is 0.946. The highest BCUT2D eigenvalue weighted by molar-refractivity contribution is 9.10. The van der Waals surface area contributed by atoms with E-state index in [9.17, 15) is 19.7 Å². The summed E-state index contributed by atoms with van der Waals surface area (Å²) < 4.78 is 16.9. The lowest BCUT2D eigenvalue weighted by Crippen LogP contribution is -2.29. The van der Waals surface area contributed by atoms with Gasteiger partial charge in [0.1, 0.15) is 6.61 Å². The van der Waals surface area contributed by atoms with Crippen LogP contribution in [0.4, 0.5) is 10.5 Å². The van der Waals surface area contributed by atoms with E-state index in [1.54, 1.807) is 37.5 Å². The van der Waals surface area contributed by atoms with Gasteiger partial charge >= 0.3 is 0 Å². The molecule has 0 aromatic heterocycles. The van der Waals surface area contributed by atoms with Crippen LogP contribution in [0.15, 0.2) is 45.8 Å². The molecule has 1 aliphatic rings. The maximum Gasteiger partial charge on any atom is 0.293 e. The number of carbonyl (C=O) groups is 2. The molecular formula is C22H21BrN2O7S. The zero-order valence-corrected chi connectivity index (χ0v) is 20.3. The zero-order valence-electron chi connectivity index (χ0n) is 17.9. The van der Waals surface area contributed by atoms with Crippen molar-refractivity contribution < 1.29 is 28.7 Å². The maximum absolute atomic E-state index is 12.6. The summed E-state index contributed by atoms with van der Waals surface area (Å²) >= 11 is 4.37. The van der Waals surface area contributed by atoms with Crippen molar-refractivity contribution in [3.63, 3.8) is 0 Å². The molecule has 0 atom stereocenters. The second-order valence-electron chi connectivity index (χ2n) is 6.92. The molecule has 1 heterocycles. The van der Waals surface area contributed by atoms with Crippen molar-refractivity contribution >= 4 is 50.6 Å². The Balaban J connectivity index is 1.75. The van der Waals surface area contributed by atoms with Gasteiger partial charge in [-0.3, -0.25) is 24.6 Å². The molecule has 2 amide bonds. The third-order valence-electron chi connectivity index (χ3n) is 4.71. The fourth-order valence-corrected chi connectivity index (χ4v) is 4.30. The van der Waals surface area contributed by atoms with Gasteiger partial charge in [-0.15, -0.1) is 0 Å². The Labute approximate surface area is 203 Å². The molecule has 0 bridgehead atoms. The van der Waals surface area contributed by atoms with Gasteiger partial charge in [-0.25, -0.2) is 0 Å². The SMILES string of the molecule is COCCCN1C(=O)S/C(=C/c2cc(OC)c(OCc3ccc([N+](=O)[O-])cc3)cc2Br)C1=O. The largest absolute Gasteiger partial charge is 0.493 e. The average molecular weight is 537 g/mol. The van der Waals surface area contributed by atoms with Gasteiger partial charge in [0.25, 0.3) is 16.8 Å². The van der Waals surface area contributed by atoms with Crippen LogP contribution in [0, 0.1) is 10.1 Å². The molecule has 174 valence electrons. The molecule has 0 unspecified atom stereocenters. The second kappa shape index (κ2) is 11.3. The molecule has 0 aliphatic carbocycles. The Morgan fingerprint density at radius 3 is 2.52 bits per heavy atom. The number of amides is 2. The first kappa shape index (κ1) is 24.7. The summed E-state index contributed by atoms with van der Waals surface area (Å²) in [7, 11) is 3.06. The molecule has 2 aromatic rings. The van der Waals surface area contributed by atoms with Crippen LogP contribution in [0.2, 0.25) is 0 Å².